The molecule has 1 aromatic rings. The number of amides is 1. The summed E-state index contributed by atoms with van der Waals surface area (Å²) in [6, 6.07) is 7.03. The highest BCUT2D eigenvalue weighted by Gasteiger charge is 2.27. The second-order valence-electron chi connectivity index (χ2n) is 4.33. The van der Waals surface area contributed by atoms with Gasteiger partial charge in [-0.05, 0) is 12.1 Å². The van der Waals surface area contributed by atoms with Crippen LogP contribution in [-0.4, -0.2) is 50.0 Å². The lowest BCUT2D eigenvalue weighted by molar-refractivity contribution is -0.129. The van der Waals surface area contributed by atoms with Crippen molar-refractivity contribution >= 4 is 11.6 Å². The van der Waals surface area contributed by atoms with Crippen LogP contribution in [0.4, 0.5) is 5.69 Å². The van der Waals surface area contributed by atoms with E-state index in [0.717, 1.165) is 5.69 Å². The highest BCUT2D eigenvalue weighted by atomic mass is 16.5. The van der Waals surface area contributed by atoms with Crippen LogP contribution in [0.3, 0.4) is 0 Å². The molecule has 1 heterocycles. The summed E-state index contributed by atoms with van der Waals surface area (Å²) in [5, 5.41) is 14.9. The Kier molecular flexibility index (Phi) is 4.59. The largest absolute Gasteiger partial charge is 0.477 e. The van der Waals surface area contributed by atoms with Gasteiger partial charge in [-0.15, -0.1) is 0 Å². The van der Waals surface area contributed by atoms with Crippen molar-refractivity contribution in [2.75, 3.05) is 32.2 Å². The third kappa shape index (κ3) is 3.36. The van der Waals surface area contributed by atoms with E-state index in [2.05, 4.69) is 10.6 Å². The van der Waals surface area contributed by atoms with Gasteiger partial charge in [0.1, 0.15) is 5.75 Å². The molecule has 1 aromatic carbocycles. The van der Waals surface area contributed by atoms with E-state index in [-0.39, 0.29) is 19.1 Å². The van der Waals surface area contributed by atoms with Gasteiger partial charge < -0.3 is 25.2 Å². The van der Waals surface area contributed by atoms with E-state index < -0.39 is 12.1 Å². The summed E-state index contributed by atoms with van der Waals surface area (Å²) >= 11 is 0. The minimum absolute atomic E-state index is 0.170. The van der Waals surface area contributed by atoms with Crippen LogP contribution < -0.4 is 15.4 Å². The molecule has 0 saturated carbocycles. The van der Waals surface area contributed by atoms with E-state index >= 15 is 0 Å². The number of carbonyl (C=O) groups excluding carboxylic acids is 1. The maximum absolute atomic E-state index is 12.0. The van der Waals surface area contributed by atoms with E-state index in [9.17, 15) is 4.79 Å². The molecule has 0 bridgehead atoms. The molecular weight excluding hydrogens is 248 g/mol. The van der Waals surface area contributed by atoms with Crippen molar-refractivity contribution < 1.29 is 19.4 Å². The van der Waals surface area contributed by atoms with E-state index in [1.54, 1.807) is 6.07 Å². The second-order valence-corrected chi connectivity index (χ2v) is 4.33. The molecule has 0 aromatic heterocycles. The first kappa shape index (κ1) is 13.6. The zero-order valence-corrected chi connectivity index (χ0v) is 10.8. The van der Waals surface area contributed by atoms with Gasteiger partial charge in [-0.25, -0.2) is 0 Å². The molecule has 0 spiro atoms. The van der Waals surface area contributed by atoms with E-state index in [0.29, 0.717) is 12.3 Å². The Balaban J connectivity index is 1.95. The van der Waals surface area contributed by atoms with Crippen molar-refractivity contribution in [2.24, 2.45) is 0 Å². The fraction of sp³-hybridized carbons (Fsp3) is 0.462. The third-order valence-electron chi connectivity index (χ3n) is 2.86. The van der Waals surface area contributed by atoms with Crippen molar-refractivity contribution in [3.8, 4) is 5.75 Å². The molecule has 1 amide bonds. The lowest BCUT2D eigenvalue weighted by atomic mass is 10.2. The van der Waals surface area contributed by atoms with Crippen molar-refractivity contribution in [1.29, 1.82) is 0 Å². The van der Waals surface area contributed by atoms with Crippen molar-refractivity contribution in [3.05, 3.63) is 24.3 Å². The zero-order chi connectivity index (χ0) is 13.7. The quantitative estimate of drug-likeness (QED) is 0.698. The van der Waals surface area contributed by atoms with E-state index in [1.807, 2.05) is 18.2 Å². The average Bonchev–Trinajstić information content (AvgIpc) is 2.46. The average molecular weight is 266 g/mol. The predicted octanol–water partition coefficient (Wildman–Crippen LogP) is -0.0170. The van der Waals surface area contributed by atoms with Gasteiger partial charge in [-0.3, -0.25) is 4.79 Å². The van der Waals surface area contributed by atoms with Crippen molar-refractivity contribution in [3.63, 3.8) is 0 Å². The van der Waals surface area contributed by atoms with Gasteiger partial charge in [-0.1, -0.05) is 12.1 Å². The molecule has 0 saturated heterocycles. The van der Waals surface area contributed by atoms with E-state index in [1.165, 1.54) is 7.11 Å². The first-order valence-corrected chi connectivity index (χ1v) is 6.14. The normalized spacial score (nSPS) is 18.7. The molecule has 6 heteroatoms. The number of carbonyl (C=O) groups is 1. The molecular formula is C13H18N2O4. The Morgan fingerprint density at radius 2 is 2.42 bits per heavy atom. The van der Waals surface area contributed by atoms with E-state index in [4.69, 9.17) is 14.6 Å². The summed E-state index contributed by atoms with van der Waals surface area (Å²) in [5.41, 5.74) is 0.877. The number of methoxy groups -OCH3 is 1. The van der Waals surface area contributed by atoms with Gasteiger partial charge in [0.05, 0.1) is 31.5 Å². The van der Waals surface area contributed by atoms with Crippen LogP contribution in [0.2, 0.25) is 0 Å². The maximum atomic E-state index is 12.0. The van der Waals surface area contributed by atoms with Gasteiger partial charge >= 0.3 is 0 Å². The number of fused-ring (bicyclic) bond motifs is 1. The van der Waals surface area contributed by atoms with Gasteiger partial charge in [0.2, 0.25) is 0 Å². The Bertz CT molecular complexity index is 438. The van der Waals surface area contributed by atoms with Gasteiger partial charge in [0.25, 0.3) is 5.91 Å². The van der Waals surface area contributed by atoms with Crippen LogP contribution >= 0.6 is 0 Å². The molecule has 1 aliphatic heterocycles. The Hall–Kier alpha value is -1.79. The standard InChI is InChI=1S/C13H18N2O4/c1-18-8-9(7-16)15-13(17)12-6-14-10-4-2-3-5-11(10)19-12/h2-5,9,12,14,16H,6-8H2,1H3,(H,15,17). The molecule has 19 heavy (non-hydrogen) atoms. The Morgan fingerprint density at radius 1 is 1.63 bits per heavy atom. The molecule has 2 rings (SSSR count). The molecule has 3 N–H and O–H groups in total. The number of anilines is 1. The van der Waals surface area contributed by atoms with Gasteiger partial charge in [0.15, 0.2) is 6.10 Å². The van der Waals surface area contributed by atoms with Crippen LogP contribution in [0.15, 0.2) is 24.3 Å². The monoisotopic (exact) mass is 266 g/mol. The van der Waals surface area contributed by atoms with Gasteiger partial charge in [-0.2, -0.15) is 0 Å². The number of para-hydroxylation sites is 2. The molecule has 0 aliphatic carbocycles. The molecule has 0 radical (unpaired) electrons. The van der Waals surface area contributed by atoms with Crippen LogP contribution in [0, 0.1) is 0 Å². The number of rotatable bonds is 5. The van der Waals surface area contributed by atoms with Crippen LogP contribution in [-0.2, 0) is 9.53 Å². The SMILES string of the molecule is COCC(CO)NC(=O)C1CNc2ccccc2O1. The first-order valence-electron chi connectivity index (χ1n) is 6.14. The van der Waals surface area contributed by atoms with Crippen LogP contribution in [0.1, 0.15) is 0 Å². The molecule has 6 nitrogen and oxygen atoms in total. The fourth-order valence-corrected chi connectivity index (χ4v) is 1.89. The lowest BCUT2D eigenvalue weighted by Crippen LogP contribution is -2.50. The minimum atomic E-state index is -0.610. The smallest absolute Gasteiger partial charge is 0.263 e. The lowest BCUT2D eigenvalue weighted by Gasteiger charge is -2.27. The maximum Gasteiger partial charge on any atom is 0.263 e. The molecule has 2 unspecified atom stereocenters. The number of benzene rings is 1. The second kappa shape index (κ2) is 6.40. The van der Waals surface area contributed by atoms with Gasteiger partial charge in [0, 0.05) is 7.11 Å². The summed E-state index contributed by atoms with van der Waals surface area (Å²) in [6.07, 6.45) is -0.610. The van der Waals surface area contributed by atoms with Crippen molar-refractivity contribution in [2.45, 2.75) is 12.1 Å². The van der Waals surface area contributed by atoms with Crippen LogP contribution in [0.25, 0.3) is 0 Å². The summed E-state index contributed by atoms with van der Waals surface area (Å²) < 4.78 is 10.5. The van der Waals surface area contributed by atoms with Crippen molar-refractivity contribution in [1.82, 2.24) is 5.32 Å². The number of nitrogens with one attached hydrogen (secondary N) is 2. The number of hydrogen-bond donors (Lipinski definition) is 3. The highest BCUT2D eigenvalue weighted by Crippen LogP contribution is 2.28. The fourth-order valence-electron chi connectivity index (χ4n) is 1.89. The predicted molar refractivity (Wildman–Crippen MR) is 70.2 cm³/mol. The summed E-state index contributed by atoms with van der Waals surface area (Å²) in [6.45, 7) is 0.489. The number of aliphatic hydroxyl groups excluding tert-OH is 1. The Morgan fingerprint density at radius 3 is 3.16 bits per heavy atom. The Labute approximate surface area is 111 Å². The number of aliphatic hydroxyl groups is 1. The summed E-state index contributed by atoms with van der Waals surface area (Å²) in [7, 11) is 1.52. The third-order valence-corrected chi connectivity index (χ3v) is 2.86. The zero-order valence-electron chi connectivity index (χ0n) is 10.8. The first-order chi connectivity index (χ1) is 9.24. The number of ether oxygens (including phenoxy) is 2. The molecule has 0 fully saturated rings. The topological polar surface area (TPSA) is 79.8 Å². The minimum Gasteiger partial charge on any atom is -0.477 e. The summed E-state index contributed by atoms with van der Waals surface area (Å²) in [4.78, 5) is 12.0. The summed E-state index contributed by atoms with van der Waals surface area (Å²) in [5.74, 6) is 0.388. The molecule has 1 aliphatic rings. The molecule has 2 atom stereocenters. The number of hydrogen-bond acceptors (Lipinski definition) is 5. The van der Waals surface area contributed by atoms with Crippen LogP contribution in [0.5, 0.6) is 5.75 Å². The molecule has 104 valence electrons. The highest BCUT2D eigenvalue weighted by molar-refractivity contribution is 5.83.